The van der Waals surface area contributed by atoms with Gasteiger partial charge in [0.25, 0.3) is 0 Å². The minimum absolute atomic E-state index is 0.0128. The van der Waals surface area contributed by atoms with E-state index in [0.29, 0.717) is 19.4 Å². The van der Waals surface area contributed by atoms with Crippen LogP contribution in [0, 0.1) is 0 Å². The maximum Gasteiger partial charge on any atom is 0.305 e. The third kappa shape index (κ3) is 57.6. The number of aliphatic hydroxyl groups excluding tert-OH is 2. The zero-order valence-electron chi connectivity index (χ0n) is 48.7. The van der Waals surface area contributed by atoms with Gasteiger partial charge < -0.3 is 20.3 Å². The second kappa shape index (κ2) is 61.9. The number of aliphatic hydroxyl groups is 2. The quantitative estimate of drug-likeness (QED) is 0.0320. The van der Waals surface area contributed by atoms with Crippen LogP contribution in [0.2, 0.25) is 0 Å². The lowest BCUT2D eigenvalue weighted by Crippen LogP contribution is -2.45. The Morgan fingerprint density at radius 3 is 0.986 bits per heavy atom. The minimum Gasteiger partial charge on any atom is -0.466 e. The summed E-state index contributed by atoms with van der Waals surface area (Å²) in [5, 5.41) is 23.2. The van der Waals surface area contributed by atoms with Crippen molar-refractivity contribution in [2.75, 3.05) is 13.2 Å². The summed E-state index contributed by atoms with van der Waals surface area (Å²) in [7, 11) is 0. The summed E-state index contributed by atoms with van der Waals surface area (Å²) < 4.78 is 5.49. The monoisotopic (exact) mass is 1010 g/mol. The van der Waals surface area contributed by atoms with Gasteiger partial charge in [0.15, 0.2) is 0 Å². The van der Waals surface area contributed by atoms with Gasteiger partial charge in [-0.15, -0.1) is 0 Å². The molecule has 2 atom stereocenters. The molecule has 0 bridgehead atoms. The van der Waals surface area contributed by atoms with Crippen molar-refractivity contribution in [3.05, 3.63) is 24.3 Å². The lowest BCUT2D eigenvalue weighted by atomic mass is 10.0. The smallest absolute Gasteiger partial charge is 0.305 e. The first-order valence-electron chi connectivity index (χ1n) is 32.6. The fraction of sp³-hybridized carbons (Fsp3) is 0.909. The van der Waals surface area contributed by atoms with Gasteiger partial charge in [-0.05, 0) is 57.8 Å². The number of hydrogen-bond donors (Lipinski definition) is 3. The Morgan fingerprint density at radius 2 is 0.653 bits per heavy atom. The van der Waals surface area contributed by atoms with Crippen LogP contribution in [0.25, 0.3) is 0 Å². The van der Waals surface area contributed by atoms with Crippen molar-refractivity contribution >= 4 is 11.9 Å². The molecule has 0 rings (SSSR count). The van der Waals surface area contributed by atoms with Crippen molar-refractivity contribution in [2.24, 2.45) is 0 Å². The number of rotatable bonds is 61. The van der Waals surface area contributed by atoms with E-state index in [4.69, 9.17) is 4.74 Å². The first kappa shape index (κ1) is 70.3. The largest absolute Gasteiger partial charge is 0.466 e. The lowest BCUT2D eigenvalue weighted by molar-refractivity contribution is -0.143. The molecule has 6 nitrogen and oxygen atoms in total. The molecule has 3 N–H and O–H groups in total. The fourth-order valence-corrected chi connectivity index (χ4v) is 10.2. The topological polar surface area (TPSA) is 95.9 Å². The Bertz CT molecular complexity index is 1120. The van der Waals surface area contributed by atoms with Gasteiger partial charge in [0.05, 0.1) is 25.4 Å². The number of carbonyl (C=O) groups is 2. The van der Waals surface area contributed by atoms with Crippen molar-refractivity contribution in [1.82, 2.24) is 5.32 Å². The van der Waals surface area contributed by atoms with E-state index >= 15 is 0 Å². The first-order chi connectivity index (χ1) is 35.5. The van der Waals surface area contributed by atoms with E-state index in [1.807, 2.05) is 6.08 Å². The Kier molecular flexibility index (Phi) is 60.5. The number of allylic oxidation sites excluding steroid dienone is 3. The summed E-state index contributed by atoms with van der Waals surface area (Å²) in [5.41, 5.74) is 0. The Hall–Kier alpha value is -1.66. The Labute approximate surface area is 450 Å². The molecule has 0 spiro atoms. The van der Waals surface area contributed by atoms with E-state index in [1.54, 1.807) is 6.08 Å². The highest BCUT2D eigenvalue weighted by Gasteiger charge is 2.18. The number of amides is 1. The summed E-state index contributed by atoms with van der Waals surface area (Å²) in [5.74, 6) is -0.0593. The molecule has 0 saturated heterocycles. The molecule has 0 aromatic carbocycles. The van der Waals surface area contributed by atoms with Gasteiger partial charge in [-0.3, -0.25) is 9.59 Å². The molecule has 0 fully saturated rings. The summed E-state index contributed by atoms with van der Waals surface area (Å²) in [6, 6.07) is -0.633. The number of nitrogens with one attached hydrogen (secondary N) is 1. The average Bonchev–Trinajstić information content (AvgIpc) is 3.38. The molecule has 1 amide bonds. The first-order valence-corrected chi connectivity index (χ1v) is 32.6. The van der Waals surface area contributed by atoms with Crippen molar-refractivity contribution in [3.8, 4) is 0 Å². The van der Waals surface area contributed by atoms with Gasteiger partial charge in [-0.25, -0.2) is 0 Å². The third-order valence-electron chi connectivity index (χ3n) is 15.2. The van der Waals surface area contributed by atoms with Crippen molar-refractivity contribution in [3.63, 3.8) is 0 Å². The molecule has 426 valence electrons. The SMILES string of the molecule is CCCCCCCCCCCCCCCCCC/C=C/C(O)C(CO)NC(=O)CCCCCCCCC/C=C\CCCCCCCCCCCCCOC(=O)CCCCCCCCCCCCCCCCC. The van der Waals surface area contributed by atoms with Crippen molar-refractivity contribution in [2.45, 2.75) is 373 Å². The average molecular weight is 1010 g/mol. The van der Waals surface area contributed by atoms with Crippen LogP contribution in [-0.2, 0) is 14.3 Å². The summed E-state index contributed by atoms with van der Waals surface area (Å²) in [6.07, 6.45) is 76.5. The number of ether oxygens (including phenoxy) is 1. The van der Waals surface area contributed by atoms with Crippen LogP contribution in [0.5, 0.6) is 0 Å². The highest BCUT2D eigenvalue weighted by Crippen LogP contribution is 2.18. The predicted octanol–water partition coefficient (Wildman–Crippen LogP) is 20.6. The second-order valence-electron chi connectivity index (χ2n) is 22.5. The highest BCUT2D eigenvalue weighted by atomic mass is 16.5. The van der Waals surface area contributed by atoms with Crippen LogP contribution >= 0.6 is 0 Å². The predicted molar refractivity (Wildman–Crippen MR) is 315 cm³/mol. The van der Waals surface area contributed by atoms with E-state index in [9.17, 15) is 19.8 Å². The second-order valence-corrected chi connectivity index (χ2v) is 22.5. The lowest BCUT2D eigenvalue weighted by Gasteiger charge is -2.20. The molecule has 2 unspecified atom stereocenters. The van der Waals surface area contributed by atoms with Gasteiger partial charge in [0.2, 0.25) is 5.91 Å². The van der Waals surface area contributed by atoms with E-state index in [0.717, 1.165) is 44.9 Å². The van der Waals surface area contributed by atoms with E-state index in [1.165, 1.54) is 289 Å². The van der Waals surface area contributed by atoms with Crippen LogP contribution in [0.4, 0.5) is 0 Å². The van der Waals surface area contributed by atoms with Gasteiger partial charge in [0, 0.05) is 12.8 Å². The van der Waals surface area contributed by atoms with Crippen LogP contribution in [-0.4, -0.2) is 47.4 Å². The Balaban J connectivity index is 3.43. The zero-order chi connectivity index (χ0) is 52.2. The fourth-order valence-electron chi connectivity index (χ4n) is 10.2. The Morgan fingerprint density at radius 1 is 0.375 bits per heavy atom. The summed E-state index contributed by atoms with van der Waals surface area (Å²) in [4.78, 5) is 24.6. The minimum atomic E-state index is -0.849. The molecule has 0 heterocycles. The molecule has 0 aliphatic rings. The molecule has 0 aromatic rings. The van der Waals surface area contributed by atoms with Gasteiger partial charge in [-0.1, -0.05) is 314 Å². The van der Waals surface area contributed by atoms with E-state index in [-0.39, 0.29) is 18.5 Å². The molecule has 6 heteroatoms. The van der Waals surface area contributed by atoms with Gasteiger partial charge in [0.1, 0.15) is 0 Å². The number of unbranched alkanes of at least 4 members (excludes halogenated alkanes) is 48. The molecule has 72 heavy (non-hydrogen) atoms. The molecular weight excluding hydrogens is 887 g/mol. The summed E-state index contributed by atoms with van der Waals surface area (Å²) >= 11 is 0. The van der Waals surface area contributed by atoms with Crippen LogP contribution in [0.15, 0.2) is 24.3 Å². The van der Waals surface area contributed by atoms with Crippen LogP contribution in [0.3, 0.4) is 0 Å². The number of carbonyl (C=O) groups excluding carboxylic acids is 2. The zero-order valence-corrected chi connectivity index (χ0v) is 48.7. The third-order valence-corrected chi connectivity index (χ3v) is 15.2. The molecule has 0 saturated carbocycles. The maximum atomic E-state index is 12.5. The van der Waals surface area contributed by atoms with E-state index in [2.05, 4.69) is 31.3 Å². The highest BCUT2D eigenvalue weighted by molar-refractivity contribution is 5.76. The molecule has 0 aliphatic heterocycles. The van der Waals surface area contributed by atoms with Crippen LogP contribution in [0.1, 0.15) is 361 Å². The standard InChI is InChI=1S/C66H127NO5/c1-3-5-7-9-11-13-15-17-19-20-27-31-34-38-42-46-50-54-58-64(69)63(62-68)67-65(70)59-55-51-47-43-39-35-32-28-25-23-21-22-24-26-29-33-37-41-45-49-53-57-61-72-66(71)60-56-52-48-44-40-36-30-18-16-14-12-10-8-6-4-2/h23,25,54,58,63-64,68-69H,3-22,24,26-53,55-57,59-62H2,1-2H3,(H,67,70)/b25-23-,58-54+. The number of esters is 1. The van der Waals surface area contributed by atoms with Crippen LogP contribution < -0.4 is 5.32 Å². The molecular formula is C66H127NO5. The molecule has 0 radical (unpaired) electrons. The maximum absolute atomic E-state index is 12.5. The number of hydrogen-bond acceptors (Lipinski definition) is 5. The van der Waals surface area contributed by atoms with E-state index < -0.39 is 12.1 Å². The van der Waals surface area contributed by atoms with Gasteiger partial charge in [-0.2, -0.15) is 0 Å². The normalized spacial score (nSPS) is 12.7. The van der Waals surface area contributed by atoms with Gasteiger partial charge >= 0.3 is 5.97 Å². The molecule has 0 aliphatic carbocycles. The summed E-state index contributed by atoms with van der Waals surface area (Å²) in [6.45, 7) is 4.93. The van der Waals surface area contributed by atoms with Crippen molar-refractivity contribution in [1.29, 1.82) is 0 Å². The van der Waals surface area contributed by atoms with Crippen molar-refractivity contribution < 1.29 is 24.5 Å². The molecule has 0 aromatic heterocycles.